The number of nitrogens with zero attached hydrogens (tertiary/aromatic N) is 2. The van der Waals surface area contributed by atoms with Crippen LogP contribution < -0.4 is 16.6 Å². The SMILES string of the molecule is CC1NNc2c(-c3ccc(C(=O)N4CCN(C(=O)C5(N)CC5)CC4)cc3)cccc21. The Morgan fingerprint density at radius 3 is 2.33 bits per heavy atom. The molecule has 0 aromatic heterocycles. The van der Waals surface area contributed by atoms with Gasteiger partial charge in [-0.1, -0.05) is 30.3 Å². The van der Waals surface area contributed by atoms with Crippen molar-refractivity contribution in [1.82, 2.24) is 15.2 Å². The first-order chi connectivity index (χ1) is 14.5. The number of rotatable bonds is 3. The number of anilines is 1. The highest BCUT2D eigenvalue weighted by Gasteiger charge is 2.48. The Balaban J connectivity index is 1.26. The number of hydrazine groups is 1. The topological polar surface area (TPSA) is 90.7 Å². The zero-order chi connectivity index (χ0) is 20.9. The van der Waals surface area contributed by atoms with Gasteiger partial charge in [-0.3, -0.25) is 9.59 Å². The van der Waals surface area contributed by atoms with Crippen LogP contribution in [0, 0.1) is 0 Å². The zero-order valence-electron chi connectivity index (χ0n) is 17.1. The van der Waals surface area contributed by atoms with E-state index in [2.05, 4.69) is 36.0 Å². The van der Waals surface area contributed by atoms with Crippen molar-refractivity contribution >= 4 is 17.5 Å². The van der Waals surface area contributed by atoms with Gasteiger partial charge in [0, 0.05) is 37.3 Å². The van der Waals surface area contributed by atoms with Crippen LogP contribution >= 0.6 is 0 Å². The van der Waals surface area contributed by atoms with Crippen molar-refractivity contribution in [2.75, 3.05) is 31.6 Å². The number of carbonyl (C=O) groups excluding carboxylic acids is 2. The second kappa shape index (κ2) is 7.11. The average Bonchev–Trinajstić information content (AvgIpc) is 3.43. The summed E-state index contributed by atoms with van der Waals surface area (Å²) in [5.74, 6) is 0.0426. The van der Waals surface area contributed by atoms with Crippen molar-refractivity contribution in [2.24, 2.45) is 5.73 Å². The van der Waals surface area contributed by atoms with E-state index in [0.717, 1.165) is 29.7 Å². The van der Waals surface area contributed by atoms with Crippen LogP contribution in [-0.4, -0.2) is 53.3 Å². The minimum Gasteiger partial charge on any atom is -0.338 e. The summed E-state index contributed by atoms with van der Waals surface area (Å²) in [6.07, 6.45) is 1.54. The molecule has 156 valence electrons. The number of fused-ring (bicyclic) bond motifs is 1. The molecule has 2 fully saturated rings. The summed E-state index contributed by atoms with van der Waals surface area (Å²) in [5, 5.41) is 0. The van der Waals surface area contributed by atoms with Gasteiger partial charge in [0.05, 0.1) is 17.3 Å². The molecular formula is C23H27N5O2. The molecule has 2 aromatic carbocycles. The molecule has 7 nitrogen and oxygen atoms in total. The number of nitrogens with one attached hydrogen (secondary N) is 2. The Morgan fingerprint density at radius 2 is 1.67 bits per heavy atom. The van der Waals surface area contributed by atoms with Gasteiger partial charge in [-0.15, -0.1) is 0 Å². The minimum atomic E-state index is -0.637. The number of para-hydroxylation sites is 1. The quantitative estimate of drug-likeness (QED) is 0.728. The molecular weight excluding hydrogens is 378 g/mol. The maximum Gasteiger partial charge on any atom is 0.253 e. The highest BCUT2D eigenvalue weighted by Crippen LogP contribution is 2.37. The molecule has 0 radical (unpaired) electrons. The highest BCUT2D eigenvalue weighted by atomic mass is 16.2. The van der Waals surface area contributed by atoms with E-state index >= 15 is 0 Å². The van der Waals surface area contributed by atoms with Crippen LogP contribution in [0.4, 0.5) is 5.69 Å². The number of nitrogens with two attached hydrogens (primary N) is 1. The van der Waals surface area contributed by atoms with Crippen LogP contribution in [0.5, 0.6) is 0 Å². The van der Waals surface area contributed by atoms with Gasteiger partial charge in [0.2, 0.25) is 5.91 Å². The standard InChI is InChI=1S/C23H27N5O2/c1-15-18-3-2-4-19(20(18)26-25-15)16-5-7-17(8-6-16)21(29)27-11-13-28(14-12-27)22(30)23(24)9-10-23/h2-8,15,25-26H,9-14,24H2,1H3. The van der Waals surface area contributed by atoms with Crippen LogP contribution in [0.1, 0.15) is 41.7 Å². The molecule has 2 amide bonds. The maximum absolute atomic E-state index is 12.9. The molecule has 1 atom stereocenters. The second-order valence-corrected chi connectivity index (χ2v) is 8.58. The lowest BCUT2D eigenvalue weighted by atomic mass is 9.97. The Kier molecular flexibility index (Phi) is 4.52. The molecule has 4 N–H and O–H groups in total. The van der Waals surface area contributed by atoms with E-state index in [1.807, 2.05) is 29.2 Å². The third-order valence-electron chi connectivity index (χ3n) is 6.49. The largest absolute Gasteiger partial charge is 0.338 e. The molecule has 2 heterocycles. The lowest BCUT2D eigenvalue weighted by Gasteiger charge is -2.36. The van der Waals surface area contributed by atoms with E-state index < -0.39 is 5.54 Å². The van der Waals surface area contributed by atoms with Crippen LogP contribution in [0.25, 0.3) is 11.1 Å². The molecule has 5 rings (SSSR count). The van der Waals surface area contributed by atoms with Crippen LogP contribution in [0.15, 0.2) is 42.5 Å². The van der Waals surface area contributed by atoms with Crippen molar-refractivity contribution in [1.29, 1.82) is 0 Å². The molecule has 1 aliphatic carbocycles. The molecule has 0 bridgehead atoms. The fraction of sp³-hybridized carbons (Fsp3) is 0.391. The van der Waals surface area contributed by atoms with Gasteiger partial charge in [0.15, 0.2) is 0 Å². The number of hydrogen-bond acceptors (Lipinski definition) is 5. The Labute approximate surface area is 176 Å². The molecule has 1 unspecified atom stereocenters. The first-order valence-corrected chi connectivity index (χ1v) is 10.6. The highest BCUT2D eigenvalue weighted by molar-refractivity contribution is 5.95. The van der Waals surface area contributed by atoms with Gasteiger partial charge >= 0.3 is 0 Å². The lowest BCUT2D eigenvalue weighted by Crippen LogP contribution is -2.55. The summed E-state index contributed by atoms with van der Waals surface area (Å²) >= 11 is 0. The van der Waals surface area contributed by atoms with E-state index in [0.29, 0.717) is 31.7 Å². The van der Waals surface area contributed by atoms with Crippen molar-refractivity contribution in [3.8, 4) is 11.1 Å². The number of hydrogen-bond donors (Lipinski definition) is 3. The van der Waals surface area contributed by atoms with Crippen LogP contribution in [0.3, 0.4) is 0 Å². The molecule has 2 aliphatic heterocycles. The summed E-state index contributed by atoms with van der Waals surface area (Å²) < 4.78 is 0. The Morgan fingerprint density at radius 1 is 1.00 bits per heavy atom. The van der Waals surface area contributed by atoms with Gasteiger partial charge in [-0.25, -0.2) is 5.43 Å². The molecule has 7 heteroatoms. The number of benzene rings is 2. The molecule has 0 spiro atoms. The number of carbonyl (C=O) groups is 2. The summed E-state index contributed by atoms with van der Waals surface area (Å²) in [6, 6.07) is 14.3. The molecule has 30 heavy (non-hydrogen) atoms. The monoisotopic (exact) mass is 405 g/mol. The minimum absolute atomic E-state index is 0.00855. The summed E-state index contributed by atoms with van der Waals surface area (Å²) in [5.41, 5.74) is 17.1. The van der Waals surface area contributed by atoms with E-state index in [-0.39, 0.29) is 17.9 Å². The fourth-order valence-corrected chi connectivity index (χ4v) is 4.32. The third-order valence-corrected chi connectivity index (χ3v) is 6.49. The smallest absolute Gasteiger partial charge is 0.253 e. The fourth-order valence-electron chi connectivity index (χ4n) is 4.32. The summed E-state index contributed by atoms with van der Waals surface area (Å²) in [4.78, 5) is 29.0. The lowest BCUT2D eigenvalue weighted by molar-refractivity contribution is -0.135. The van der Waals surface area contributed by atoms with E-state index in [1.165, 1.54) is 5.56 Å². The van der Waals surface area contributed by atoms with Gasteiger partial charge in [0.1, 0.15) is 0 Å². The predicted octanol–water partition coefficient (Wildman–Crippen LogP) is 2.12. The van der Waals surface area contributed by atoms with Gasteiger partial charge in [0.25, 0.3) is 5.91 Å². The maximum atomic E-state index is 12.9. The van der Waals surface area contributed by atoms with Gasteiger partial charge < -0.3 is 21.0 Å². The Hall–Kier alpha value is -2.90. The zero-order valence-corrected chi connectivity index (χ0v) is 17.1. The Bertz CT molecular complexity index is 991. The van der Waals surface area contributed by atoms with Gasteiger partial charge in [-0.05, 0) is 43.0 Å². The van der Waals surface area contributed by atoms with Crippen molar-refractivity contribution in [3.05, 3.63) is 53.6 Å². The van der Waals surface area contributed by atoms with Crippen molar-refractivity contribution in [2.45, 2.75) is 31.3 Å². The van der Waals surface area contributed by atoms with Crippen molar-refractivity contribution < 1.29 is 9.59 Å². The molecule has 3 aliphatic rings. The van der Waals surface area contributed by atoms with Crippen LogP contribution in [0.2, 0.25) is 0 Å². The average molecular weight is 406 g/mol. The summed E-state index contributed by atoms with van der Waals surface area (Å²) in [6.45, 7) is 4.31. The molecule has 1 saturated carbocycles. The molecule has 2 aromatic rings. The van der Waals surface area contributed by atoms with Gasteiger partial charge in [-0.2, -0.15) is 0 Å². The number of piperazine rings is 1. The van der Waals surface area contributed by atoms with E-state index in [1.54, 1.807) is 4.90 Å². The van der Waals surface area contributed by atoms with Crippen molar-refractivity contribution in [3.63, 3.8) is 0 Å². The third kappa shape index (κ3) is 3.24. The number of amides is 2. The van der Waals surface area contributed by atoms with Crippen LogP contribution in [-0.2, 0) is 4.79 Å². The first-order valence-electron chi connectivity index (χ1n) is 10.6. The first kappa shape index (κ1) is 19.1. The van der Waals surface area contributed by atoms with E-state index in [4.69, 9.17) is 5.73 Å². The molecule has 1 saturated heterocycles. The summed E-state index contributed by atoms with van der Waals surface area (Å²) in [7, 11) is 0. The predicted molar refractivity (Wildman–Crippen MR) is 116 cm³/mol. The second-order valence-electron chi connectivity index (χ2n) is 8.58. The normalized spacial score (nSPS) is 21.7. The van der Waals surface area contributed by atoms with E-state index in [9.17, 15) is 9.59 Å².